The highest BCUT2D eigenvalue weighted by Gasteiger charge is 2.54. The number of carbonyl (C=O) groups is 2. The molecule has 0 radical (unpaired) electrons. The maximum absolute atomic E-state index is 13.0. The minimum Gasteiger partial charge on any atom is -0.466 e. The normalized spacial score (nSPS) is 26.2. The van der Waals surface area contributed by atoms with Crippen LogP contribution < -0.4 is 0 Å². The second-order valence-corrected chi connectivity index (χ2v) is 7.42. The number of nitrogens with zero attached hydrogens (tertiary/aromatic N) is 3. The van der Waals surface area contributed by atoms with Crippen LogP contribution in [0.4, 0.5) is 0 Å². The van der Waals surface area contributed by atoms with Gasteiger partial charge in [0, 0.05) is 51.9 Å². The molecule has 6 nitrogen and oxygen atoms in total. The molecule has 2 aliphatic rings. The number of amides is 1. The lowest BCUT2D eigenvalue weighted by Crippen LogP contribution is -2.43. The van der Waals surface area contributed by atoms with Crippen molar-refractivity contribution in [1.29, 1.82) is 0 Å². The number of hydrogen-bond acceptors (Lipinski definition) is 4. The van der Waals surface area contributed by atoms with Crippen molar-refractivity contribution in [3.05, 3.63) is 36.7 Å². The molecule has 142 valence electrons. The zero-order chi connectivity index (χ0) is 18.7. The van der Waals surface area contributed by atoms with Gasteiger partial charge >= 0.3 is 5.97 Å². The van der Waals surface area contributed by atoms with Crippen LogP contribution in [0.5, 0.6) is 0 Å². The summed E-state index contributed by atoms with van der Waals surface area (Å²) in [5.41, 5.74) is 0.178. The first kappa shape index (κ1) is 18.7. The number of likely N-dealkylation sites (tertiary alicyclic amines) is 2. The lowest BCUT2D eigenvalue weighted by molar-refractivity contribution is -0.157. The van der Waals surface area contributed by atoms with Gasteiger partial charge in [0.25, 0.3) is 5.91 Å². The number of rotatable bonds is 5. The van der Waals surface area contributed by atoms with Crippen LogP contribution in [-0.4, -0.2) is 65.6 Å². The average molecular weight is 359 g/mol. The van der Waals surface area contributed by atoms with Crippen molar-refractivity contribution in [1.82, 2.24) is 14.4 Å². The highest BCUT2D eigenvalue weighted by atomic mass is 16.5. The van der Waals surface area contributed by atoms with Gasteiger partial charge in [-0.25, -0.2) is 0 Å². The first-order valence-corrected chi connectivity index (χ1v) is 9.43. The van der Waals surface area contributed by atoms with E-state index in [0.717, 1.165) is 25.9 Å². The summed E-state index contributed by atoms with van der Waals surface area (Å²) in [6.07, 6.45) is 5.33. The fourth-order valence-corrected chi connectivity index (χ4v) is 4.50. The predicted octanol–water partition coefficient (Wildman–Crippen LogP) is 1.93. The molecule has 2 aliphatic heterocycles. The van der Waals surface area contributed by atoms with Crippen molar-refractivity contribution in [2.75, 3.05) is 39.3 Å². The highest BCUT2D eigenvalue weighted by molar-refractivity contribution is 5.93. The molecule has 1 aromatic rings. The Bertz CT molecular complexity index is 684. The molecule has 2 saturated heterocycles. The minimum absolute atomic E-state index is 0.0410. The van der Waals surface area contributed by atoms with Crippen molar-refractivity contribution in [2.24, 2.45) is 18.4 Å². The molecule has 3 heterocycles. The molecular formula is C20H29N3O3. The highest BCUT2D eigenvalue weighted by Crippen LogP contribution is 2.43. The van der Waals surface area contributed by atoms with Gasteiger partial charge in [0.15, 0.2) is 0 Å². The molecule has 2 fully saturated rings. The molecule has 2 atom stereocenters. The van der Waals surface area contributed by atoms with Crippen LogP contribution in [0.3, 0.4) is 0 Å². The van der Waals surface area contributed by atoms with Crippen molar-refractivity contribution < 1.29 is 14.3 Å². The van der Waals surface area contributed by atoms with E-state index in [0.29, 0.717) is 31.9 Å². The number of ether oxygens (including phenoxy) is 1. The second kappa shape index (κ2) is 7.66. The van der Waals surface area contributed by atoms with Gasteiger partial charge in [-0.1, -0.05) is 6.08 Å². The molecule has 0 aromatic carbocycles. The average Bonchev–Trinajstić information content (AvgIpc) is 3.13. The quantitative estimate of drug-likeness (QED) is 0.595. The number of carbonyl (C=O) groups excluding carboxylic acids is 2. The second-order valence-electron chi connectivity index (χ2n) is 7.42. The molecule has 0 saturated carbocycles. The standard InChI is InChI=1S/C20H29N3O3/c1-4-10-22-13-16-14-23(18(24)17-8-6-11-21(17)3)12-7-9-20(16,15-22)19(25)26-5-2/h4,6,8,11,16H,1,5,7,9-10,12-15H2,2-3H3/t16-,20+/m0/s1. The first-order chi connectivity index (χ1) is 12.5. The van der Waals surface area contributed by atoms with E-state index >= 15 is 0 Å². The summed E-state index contributed by atoms with van der Waals surface area (Å²) < 4.78 is 7.31. The van der Waals surface area contributed by atoms with E-state index in [-0.39, 0.29) is 17.8 Å². The third-order valence-corrected chi connectivity index (χ3v) is 5.78. The Morgan fingerprint density at radius 2 is 2.23 bits per heavy atom. The fraction of sp³-hybridized carbons (Fsp3) is 0.600. The van der Waals surface area contributed by atoms with Gasteiger partial charge in [0.1, 0.15) is 5.69 Å². The Kier molecular flexibility index (Phi) is 5.51. The number of hydrogen-bond donors (Lipinski definition) is 0. The van der Waals surface area contributed by atoms with Crippen LogP contribution in [0.25, 0.3) is 0 Å². The first-order valence-electron chi connectivity index (χ1n) is 9.43. The minimum atomic E-state index is -0.512. The summed E-state index contributed by atoms with van der Waals surface area (Å²) in [4.78, 5) is 30.0. The molecule has 0 N–H and O–H groups in total. The summed E-state index contributed by atoms with van der Waals surface area (Å²) in [5.74, 6) is 0.0253. The topological polar surface area (TPSA) is 54.8 Å². The van der Waals surface area contributed by atoms with Crippen LogP contribution in [0.15, 0.2) is 31.0 Å². The maximum Gasteiger partial charge on any atom is 0.313 e. The van der Waals surface area contributed by atoms with Crippen LogP contribution in [0.2, 0.25) is 0 Å². The summed E-state index contributed by atoms with van der Waals surface area (Å²) >= 11 is 0. The molecule has 3 rings (SSSR count). The molecular weight excluding hydrogens is 330 g/mol. The Morgan fingerprint density at radius 1 is 1.42 bits per heavy atom. The monoisotopic (exact) mass is 359 g/mol. The van der Waals surface area contributed by atoms with Crippen LogP contribution >= 0.6 is 0 Å². The Labute approximate surface area is 155 Å². The van der Waals surface area contributed by atoms with E-state index < -0.39 is 5.41 Å². The van der Waals surface area contributed by atoms with Gasteiger partial charge in [-0.15, -0.1) is 6.58 Å². The molecule has 1 aromatic heterocycles. The number of esters is 1. The Balaban J connectivity index is 1.85. The van der Waals surface area contributed by atoms with E-state index in [2.05, 4.69) is 11.5 Å². The summed E-state index contributed by atoms with van der Waals surface area (Å²) in [7, 11) is 1.88. The largest absolute Gasteiger partial charge is 0.466 e. The molecule has 0 bridgehead atoms. The zero-order valence-corrected chi connectivity index (χ0v) is 15.8. The van der Waals surface area contributed by atoms with Gasteiger partial charge in [0.05, 0.1) is 12.0 Å². The van der Waals surface area contributed by atoms with Crippen LogP contribution in [0.1, 0.15) is 30.3 Å². The third-order valence-electron chi connectivity index (χ3n) is 5.78. The van der Waals surface area contributed by atoms with Gasteiger partial charge < -0.3 is 14.2 Å². The molecule has 26 heavy (non-hydrogen) atoms. The van der Waals surface area contributed by atoms with Gasteiger partial charge in [-0.05, 0) is 31.9 Å². The van der Waals surface area contributed by atoms with Gasteiger partial charge in [-0.2, -0.15) is 0 Å². The molecule has 0 unspecified atom stereocenters. The van der Waals surface area contributed by atoms with Crippen molar-refractivity contribution in [2.45, 2.75) is 19.8 Å². The summed E-state index contributed by atoms with van der Waals surface area (Å²) in [6, 6.07) is 3.74. The molecule has 0 aliphatic carbocycles. The third kappa shape index (κ3) is 3.30. The zero-order valence-electron chi connectivity index (χ0n) is 15.8. The lowest BCUT2D eigenvalue weighted by Gasteiger charge is -2.31. The van der Waals surface area contributed by atoms with E-state index in [1.807, 2.05) is 47.8 Å². The van der Waals surface area contributed by atoms with Crippen molar-refractivity contribution in [3.8, 4) is 0 Å². The summed E-state index contributed by atoms with van der Waals surface area (Å²) in [5, 5.41) is 0. The van der Waals surface area contributed by atoms with E-state index in [9.17, 15) is 9.59 Å². The van der Waals surface area contributed by atoms with E-state index in [1.54, 1.807) is 0 Å². The van der Waals surface area contributed by atoms with Crippen LogP contribution in [-0.2, 0) is 16.6 Å². The van der Waals surface area contributed by atoms with E-state index in [4.69, 9.17) is 4.74 Å². The van der Waals surface area contributed by atoms with Gasteiger partial charge in [0.2, 0.25) is 0 Å². The number of fused-ring (bicyclic) bond motifs is 1. The predicted molar refractivity (Wildman–Crippen MR) is 99.7 cm³/mol. The number of aryl methyl sites for hydroxylation is 1. The molecule has 0 spiro atoms. The Hall–Kier alpha value is -2.08. The molecule has 6 heteroatoms. The molecule has 1 amide bonds. The lowest BCUT2D eigenvalue weighted by atomic mass is 9.75. The van der Waals surface area contributed by atoms with Gasteiger partial charge in [-0.3, -0.25) is 14.5 Å². The Morgan fingerprint density at radius 3 is 2.88 bits per heavy atom. The number of aromatic nitrogens is 1. The SMILES string of the molecule is C=CCN1C[C@H]2CN(C(=O)c3cccn3C)CCC[C@@]2(C(=O)OCC)C1. The van der Waals surface area contributed by atoms with E-state index in [1.165, 1.54) is 0 Å². The van der Waals surface area contributed by atoms with Crippen molar-refractivity contribution in [3.63, 3.8) is 0 Å². The van der Waals surface area contributed by atoms with Crippen molar-refractivity contribution >= 4 is 11.9 Å². The fourth-order valence-electron chi connectivity index (χ4n) is 4.50. The smallest absolute Gasteiger partial charge is 0.313 e. The summed E-state index contributed by atoms with van der Waals surface area (Å²) in [6.45, 7) is 9.58. The maximum atomic E-state index is 13.0. The van der Waals surface area contributed by atoms with Crippen LogP contribution in [0, 0.1) is 11.3 Å².